The van der Waals surface area contributed by atoms with Crippen molar-refractivity contribution in [2.45, 2.75) is 41.0 Å². The van der Waals surface area contributed by atoms with Crippen molar-refractivity contribution in [3.63, 3.8) is 0 Å². The second-order valence-electron chi connectivity index (χ2n) is 5.91. The summed E-state index contributed by atoms with van der Waals surface area (Å²) in [5.74, 6) is 0.397. The van der Waals surface area contributed by atoms with Gasteiger partial charge in [0.2, 0.25) is 0 Å². The lowest BCUT2D eigenvalue weighted by atomic mass is 9.93. The van der Waals surface area contributed by atoms with Crippen molar-refractivity contribution >= 4 is 12.9 Å². The van der Waals surface area contributed by atoms with Gasteiger partial charge < -0.3 is 0 Å². The summed E-state index contributed by atoms with van der Waals surface area (Å²) in [6, 6.07) is 0. The number of allylic oxidation sites excluding steroid dienone is 7. The first-order valence-corrected chi connectivity index (χ1v) is 7.14. The molecule has 108 valence electrons. The fraction of sp³-hybridized carbons (Fsp3) is 0.444. The van der Waals surface area contributed by atoms with E-state index in [0.29, 0.717) is 5.92 Å². The summed E-state index contributed by atoms with van der Waals surface area (Å²) in [4.78, 5) is 8.76. The van der Waals surface area contributed by atoms with Gasteiger partial charge in [0, 0.05) is 17.5 Å². The average Bonchev–Trinajstić information content (AvgIpc) is 2.42. The molecule has 0 radical (unpaired) electrons. The second kappa shape index (κ2) is 7.18. The van der Waals surface area contributed by atoms with Gasteiger partial charge in [-0.15, -0.1) is 0 Å². The molecule has 0 aromatic carbocycles. The maximum atomic E-state index is 4.62. The van der Waals surface area contributed by atoms with Crippen molar-refractivity contribution in [1.82, 2.24) is 0 Å². The van der Waals surface area contributed by atoms with Crippen LogP contribution < -0.4 is 0 Å². The van der Waals surface area contributed by atoms with Crippen LogP contribution in [-0.2, 0) is 0 Å². The smallest absolute Gasteiger partial charge is 0.0840 e. The first-order valence-electron chi connectivity index (χ1n) is 7.14. The van der Waals surface area contributed by atoms with E-state index in [-0.39, 0.29) is 5.41 Å². The van der Waals surface area contributed by atoms with Gasteiger partial charge in [-0.3, -0.25) is 9.98 Å². The fourth-order valence-electron chi connectivity index (χ4n) is 1.90. The van der Waals surface area contributed by atoms with Crippen molar-refractivity contribution in [2.24, 2.45) is 21.3 Å². The molecule has 1 atom stereocenters. The Morgan fingerprint density at radius 1 is 1.45 bits per heavy atom. The van der Waals surface area contributed by atoms with Crippen LogP contribution in [0.3, 0.4) is 0 Å². The quantitative estimate of drug-likeness (QED) is 0.489. The number of hydrogen-bond acceptors (Lipinski definition) is 2. The monoisotopic (exact) mass is 270 g/mol. The van der Waals surface area contributed by atoms with Crippen LogP contribution in [0.15, 0.2) is 57.3 Å². The molecule has 0 N–H and O–H groups in total. The molecule has 0 spiro atoms. The highest BCUT2D eigenvalue weighted by atomic mass is 14.8. The number of aliphatic imine (C=N–C) groups is 2. The van der Waals surface area contributed by atoms with E-state index in [0.717, 1.165) is 17.8 Å². The Hall–Kier alpha value is -1.70. The molecule has 0 heterocycles. The minimum atomic E-state index is -0.0852. The second-order valence-corrected chi connectivity index (χ2v) is 5.91. The predicted molar refractivity (Wildman–Crippen MR) is 90.3 cm³/mol. The van der Waals surface area contributed by atoms with E-state index >= 15 is 0 Å². The molecule has 1 aliphatic carbocycles. The molecule has 2 nitrogen and oxygen atoms in total. The molecule has 0 saturated carbocycles. The van der Waals surface area contributed by atoms with Crippen LogP contribution in [0.2, 0.25) is 0 Å². The maximum absolute atomic E-state index is 4.62. The van der Waals surface area contributed by atoms with E-state index < -0.39 is 0 Å². The third-order valence-corrected chi connectivity index (χ3v) is 3.43. The Bertz CT molecular complexity index is 500. The lowest BCUT2D eigenvalue weighted by Gasteiger charge is -2.18. The summed E-state index contributed by atoms with van der Waals surface area (Å²) in [5, 5.41) is 0. The molecule has 1 rings (SSSR count). The molecular weight excluding hydrogens is 244 g/mol. The third-order valence-electron chi connectivity index (χ3n) is 3.43. The van der Waals surface area contributed by atoms with Gasteiger partial charge >= 0.3 is 0 Å². The Kier molecular flexibility index (Phi) is 5.87. The normalized spacial score (nSPS) is 21.2. The van der Waals surface area contributed by atoms with Gasteiger partial charge in [-0.05, 0) is 33.1 Å². The average molecular weight is 270 g/mol. The van der Waals surface area contributed by atoms with Gasteiger partial charge in [0.1, 0.15) is 0 Å². The zero-order chi connectivity index (χ0) is 15.2. The molecule has 0 aromatic rings. The van der Waals surface area contributed by atoms with E-state index in [1.165, 1.54) is 5.57 Å². The highest BCUT2D eigenvalue weighted by Gasteiger charge is 2.15. The summed E-state index contributed by atoms with van der Waals surface area (Å²) >= 11 is 0. The van der Waals surface area contributed by atoms with Gasteiger partial charge in [-0.1, -0.05) is 50.6 Å². The van der Waals surface area contributed by atoms with Crippen LogP contribution in [0.25, 0.3) is 0 Å². The minimum absolute atomic E-state index is 0.0852. The Morgan fingerprint density at radius 3 is 2.75 bits per heavy atom. The molecule has 0 aromatic heterocycles. The SMILES string of the molecule is C=NC1=C(N=CC(C)(C)/C=C\C(C)=C/C)C=CCC1C. The van der Waals surface area contributed by atoms with E-state index in [1.807, 2.05) is 19.2 Å². The summed E-state index contributed by atoms with van der Waals surface area (Å²) in [6.45, 7) is 14.3. The van der Waals surface area contributed by atoms with Crippen molar-refractivity contribution in [2.75, 3.05) is 0 Å². The van der Waals surface area contributed by atoms with Crippen LogP contribution in [0.5, 0.6) is 0 Å². The summed E-state index contributed by atoms with van der Waals surface area (Å²) < 4.78 is 0. The highest BCUT2D eigenvalue weighted by molar-refractivity contribution is 5.69. The highest BCUT2D eigenvalue weighted by Crippen LogP contribution is 2.27. The fourth-order valence-corrected chi connectivity index (χ4v) is 1.90. The van der Waals surface area contributed by atoms with Crippen molar-refractivity contribution in [1.29, 1.82) is 0 Å². The molecule has 0 aliphatic heterocycles. The number of hydrogen-bond donors (Lipinski definition) is 0. The number of rotatable bonds is 5. The van der Waals surface area contributed by atoms with Crippen LogP contribution in [-0.4, -0.2) is 12.9 Å². The summed E-state index contributed by atoms with van der Waals surface area (Å²) in [5.41, 5.74) is 3.10. The van der Waals surface area contributed by atoms with Gasteiger partial charge in [0.15, 0.2) is 0 Å². The molecule has 0 fully saturated rings. The predicted octanol–water partition coefficient (Wildman–Crippen LogP) is 5.11. The lowest BCUT2D eigenvalue weighted by molar-refractivity contribution is 0.665. The standard InChI is InChI=1S/C18H26N2/c1-7-14(2)11-12-18(4,5)13-20-16-10-8-9-15(3)17(16)19-6/h7-8,10-13,15H,6,9H2,1-5H3/b12-11-,14-7-,20-13?. The Balaban J connectivity index is 2.93. The molecule has 1 unspecified atom stereocenters. The Morgan fingerprint density at radius 2 is 2.15 bits per heavy atom. The molecule has 1 aliphatic rings. The molecule has 0 amide bonds. The van der Waals surface area contributed by atoms with Crippen LogP contribution in [0.4, 0.5) is 0 Å². The largest absolute Gasteiger partial charge is 0.267 e. The van der Waals surface area contributed by atoms with Crippen molar-refractivity contribution in [3.05, 3.63) is 47.3 Å². The molecule has 20 heavy (non-hydrogen) atoms. The first-order chi connectivity index (χ1) is 9.39. The van der Waals surface area contributed by atoms with Gasteiger partial charge in [-0.2, -0.15) is 0 Å². The molecule has 0 bridgehead atoms. The molecule has 0 saturated heterocycles. The zero-order valence-corrected chi connectivity index (χ0v) is 13.4. The zero-order valence-electron chi connectivity index (χ0n) is 13.4. The maximum Gasteiger partial charge on any atom is 0.0840 e. The summed E-state index contributed by atoms with van der Waals surface area (Å²) in [6.07, 6.45) is 13.6. The van der Waals surface area contributed by atoms with Crippen LogP contribution in [0.1, 0.15) is 41.0 Å². The van der Waals surface area contributed by atoms with Crippen LogP contribution >= 0.6 is 0 Å². The van der Waals surface area contributed by atoms with E-state index in [4.69, 9.17) is 0 Å². The van der Waals surface area contributed by atoms with Gasteiger partial charge in [-0.25, -0.2) is 0 Å². The van der Waals surface area contributed by atoms with Crippen molar-refractivity contribution < 1.29 is 0 Å². The molecular formula is C18H26N2. The van der Waals surface area contributed by atoms with Crippen LogP contribution in [0, 0.1) is 11.3 Å². The first kappa shape index (κ1) is 16.4. The van der Waals surface area contributed by atoms with E-state index in [9.17, 15) is 0 Å². The minimum Gasteiger partial charge on any atom is -0.267 e. The number of nitrogens with zero attached hydrogens (tertiary/aromatic N) is 2. The third kappa shape index (κ3) is 4.76. The summed E-state index contributed by atoms with van der Waals surface area (Å²) in [7, 11) is 0. The van der Waals surface area contributed by atoms with Gasteiger partial charge in [0.25, 0.3) is 0 Å². The van der Waals surface area contributed by atoms with Crippen molar-refractivity contribution in [3.8, 4) is 0 Å². The molecule has 2 heteroatoms. The Labute approximate surface area is 123 Å². The van der Waals surface area contributed by atoms with E-state index in [1.54, 1.807) is 0 Å². The lowest BCUT2D eigenvalue weighted by Crippen LogP contribution is -2.10. The van der Waals surface area contributed by atoms with E-state index in [2.05, 4.69) is 68.7 Å². The van der Waals surface area contributed by atoms with Gasteiger partial charge in [0.05, 0.1) is 11.4 Å². The topological polar surface area (TPSA) is 24.7 Å².